The number of ether oxygens (including phenoxy) is 1. The predicted molar refractivity (Wildman–Crippen MR) is 78.8 cm³/mol. The van der Waals surface area contributed by atoms with E-state index in [0.717, 1.165) is 25.7 Å². The van der Waals surface area contributed by atoms with Gasteiger partial charge in [-0.15, -0.1) is 11.6 Å². The molecule has 0 aromatic carbocycles. The Morgan fingerprint density at radius 3 is 3.00 bits per heavy atom. The Morgan fingerprint density at radius 1 is 1.38 bits per heavy atom. The number of fused-ring (bicyclic) bond motifs is 1. The van der Waals surface area contributed by atoms with Crippen LogP contribution < -0.4 is 0 Å². The number of sulfonamides is 1. The van der Waals surface area contributed by atoms with Crippen LogP contribution >= 0.6 is 11.6 Å². The summed E-state index contributed by atoms with van der Waals surface area (Å²) in [6.45, 7) is 1.40. The molecule has 2 aliphatic rings. The third kappa shape index (κ3) is 2.97. The third-order valence-corrected chi connectivity index (χ3v) is 6.26. The van der Waals surface area contributed by atoms with Crippen molar-refractivity contribution in [2.75, 3.05) is 19.0 Å². The summed E-state index contributed by atoms with van der Waals surface area (Å²) in [5.41, 5.74) is 0. The molecule has 0 bridgehead atoms. The Labute approximate surface area is 130 Å². The van der Waals surface area contributed by atoms with E-state index < -0.39 is 10.0 Å². The Kier molecular flexibility index (Phi) is 4.54. The molecule has 0 radical (unpaired) electrons. The molecule has 1 aromatic rings. The van der Waals surface area contributed by atoms with E-state index in [0.29, 0.717) is 25.6 Å². The highest BCUT2D eigenvalue weighted by atomic mass is 35.5. The minimum Gasteiger partial charge on any atom is -0.375 e. The molecule has 8 heteroatoms. The summed E-state index contributed by atoms with van der Waals surface area (Å²) in [7, 11) is -3.50. The molecule has 1 aliphatic carbocycles. The molecule has 3 rings (SSSR count). The average molecular weight is 334 g/mol. The van der Waals surface area contributed by atoms with Crippen molar-refractivity contribution >= 4 is 21.6 Å². The zero-order valence-electron chi connectivity index (χ0n) is 11.8. The molecule has 1 aromatic heterocycles. The van der Waals surface area contributed by atoms with Crippen molar-refractivity contribution < 1.29 is 13.2 Å². The second-order valence-corrected chi connectivity index (χ2v) is 7.77. The van der Waals surface area contributed by atoms with Gasteiger partial charge in [-0.3, -0.25) is 4.68 Å². The average Bonchev–Trinajstić information content (AvgIpc) is 2.96. The number of halogens is 1. The van der Waals surface area contributed by atoms with Crippen LogP contribution in [0.1, 0.15) is 25.7 Å². The molecule has 2 fully saturated rings. The molecule has 1 saturated heterocycles. The summed E-state index contributed by atoms with van der Waals surface area (Å²) in [5.74, 6) is 0.406. The SMILES string of the molecule is O=S(=O)(c1cnn(CCCl)c1)N1CCOC2CCCCC21. The molecular weight excluding hydrogens is 314 g/mol. The number of morpholine rings is 1. The Bertz CT molecular complexity index is 587. The Morgan fingerprint density at radius 2 is 2.19 bits per heavy atom. The summed E-state index contributed by atoms with van der Waals surface area (Å²) in [6, 6.07) is -0.0334. The van der Waals surface area contributed by atoms with Crippen molar-refractivity contribution in [1.29, 1.82) is 0 Å². The third-order valence-electron chi connectivity index (χ3n) is 4.21. The maximum absolute atomic E-state index is 12.8. The van der Waals surface area contributed by atoms with Crippen molar-refractivity contribution in [3.8, 4) is 0 Å². The van der Waals surface area contributed by atoms with E-state index in [-0.39, 0.29) is 17.0 Å². The summed E-state index contributed by atoms with van der Waals surface area (Å²) in [6.07, 6.45) is 7.01. The van der Waals surface area contributed by atoms with Crippen molar-refractivity contribution in [3.63, 3.8) is 0 Å². The number of rotatable bonds is 4. The van der Waals surface area contributed by atoms with E-state index in [4.69, 9.17) is 16.3 Å². The lowest BCUT2D eigenvalue weighted by molar-refractivity contribution is -0.0586. The molecule has 118 valence electrons. The van der Waals surface area contributed by atoms with Crippen LogP contribution in [0, 0.1) is 0 Å². The summed E-state index contributed by atoms with van der Waals surface area (Å²) in [4.78, 5) is 0.249. The van der Waals surface area contributed by atoms with Gasteiger partial charge in [0.25, 0.3) is 0 Å². The number of hydrogen-bond donors (Lipinski definition) is 0. The minimum atomic E-state index is -3.50. The van der Waals surface area contributed by atoms with Crippen molar-refractivity contribution in [2.24, 2.45) is 0 Å². The van der Waals surface area contributed by atoms with Crippen LogP contribution in [-0.4, -0.2) is 53.7 Å². The molecule has 1 aliphatic heterocycles. The number of alkyl halides is 1. The van der Waals surface area contributed by atoms with Gasteiger partial charge in [-0.1, -0.05) is 12.8 Å². The van der Waals surface area contributed by atoms with Gasteiger partial charge in [-0.25, -0.2) is 8.42 Å². The molecule has 0 spiro atoms. The van der Waals surface area contributed by atoms with E-state index in [2.05, 4.69) is 5.10 Å². The van der Waals surface area contributed by atoms with Crippen LogP contribution in [0.3, 0.4) is 0 Å². The first-order valence-electron chi connectivity index (χ1n) is 7.35. The van der Waals surface area contributed by atoms with Gasteiger partial charge in [0.15, 0.2) is 0 Å². The Balaban J connectivity index is 1.85. The van der Waals surface area contributed by atoms with Crippen LogP contribution in [0.15, 0.2) is 17.3 Å². The van der Waals surface area contributed by atoms with Gasteiger partial charge in [-0.05, 0) is 12.8 Å². The fourth-order valence-electron chi connectivity index (χ4n) is 3.18. The van der Waals surface area contributed by atoms with E-state index in [1.165, 1.54) is 6.20 Å². The number of hydrogen-bond acceptors (Lipinski definition) is 4. The molecule has 2 atom stereocenters. The molecule has 21 heavy (non-hydrogen) atoms. The van der Waals surface area contributed by atoms with Gasteiger partial charge in [-0.2, -0.15) is 9.40 Å². The first kappa shape index (κ1) is 15.3. The Hall–Kier alpha value is -0.630. The molecular formula is C13H20ClN3O3S. The summed E-state index contributed by atoms with van der Waals surface area (Å²) < 4.78 is 34.6. The van der Waals surface area contributed by atoms with Gasteiger partial charge >= 0.3 is 0 Å². The van der Waals surface area contributed by atoms with E-state index in [1.807, 2.05) is 0 Å². The number of aryl methyl sites for hydroxylation is 1. The highest BCUT2D eigenvalue weighted by molar-refractivity contribution is 7.89. The van der Waals surface area contributed by atoms with Crippen LogP contribution in [0.2, 0.25) is 0 Å². The normalized spacial score (nSPS) is 27.5. The van der Waals surface area contributed by atoms with Crippen LogP contribution in [0.4, 0.5) is 0 Å². The van der Waals surface area contributed by atoms with Gasteiger partial charge in [0, 0.05) is 18.6 Å². The monoisotopic (exact) mass is 333 g/mol. The lowest BCUT2D eigenvalue weighted by Crippen LogP contribution is -2.54. The van der Waals surface area contributed by atoms with Crippen molar-refractivity contribution in [1.82, 2.24) is 14.1 Å². The van der Waals surface area contributed by atoms with Gasteiger partial charge in [0.2, 0.25) is 10.0 Å². The number of aromatic nitrogens is 2. The second-order valence-electron chi connectivity index (χ2n) is 5.50. The lowest BCUT2D eigenvalue weighted by atomic mass is 9.91. The highest BCUT2D eigenvalue weighted by Crippen LogP contribution is 2.32. The quantitative estimate of drug-likeness (QED) is 0.782. The molecule has 0 amide bonds. The molecule has 1 saturated carbocycles. The molecule has 2 unspecified atom stereocenters. The van der Waals surface area contributed by atoms with E-state index >= 15 is 0 Å². The molecule has 6 nitrogen and oxygen atoms in total. The summed E-state index contributed by atoms with van der Waals surface area (Å²) >= 11 is 5.66. The molecule has 0 N–H and O–H groups in total. The van der Waals surface area contributed by atoms with Crippen molar-refractivity contribution in [2.45, 2.75) is 49.3 Å². The summed E-state index contributed by atoms with van der Waals surface area (Å²) in [5, 5.41) is 4.07. The fourth-order valence-corrected chi connectivity index (χ4v) is 4.97. The maximum Gasteiger partial charge on any atom is 0.246 e. The fraction of sp³-hybridized carbons (Fsp3) is 0.769. The molecule has 2 heterocycles. The van der Waals surface area contributed by atoms with Crippen LogP contribution in [0.5, 0.6) is 0 Å². The minimum absolute atomic E-state index is 0.0334. The van der Waals surface area contributed by atoms with E-state index in [1.54, 1.807) is 15.2 Å². The smallest absolute Gasteiger partial charge is 0.246 e. The zero-order chi connectivity index (χ0) is 14.9. The van der Waals surface area contributed by atoms with Gasteiger partial charge in [0.1, 0.15) is 4.90 Å². The van der Waals surface area contributed by atoms with E-state index in [9.17, 15) is 8.42 Å². The first-order chi connectivity index (χ1) is 10.1. The zero-order valence-corrected chi connectivity index (χ0v) is 13.4. The largest absolute Gasteiger partial charge is 0.375 e. The van der Waals surface area contributed by atoms with Gasteiger partial charge in [0.05, 0.1) is 31.5 Å². The first-order valence-corrected chi connectivity index (χ1v) is 9.32. The maximum atomic E-state index is 12.8. The van der Waals surface area contributed by atoms with Crippen LogP contribution in [-0.2, 0) is 21.3 Å². The van der Waals surface area contributed by atoms with Crippen molar-refractivity contribution in [3.05, 3.63) is 12.4 Å². The predicted octanol–water partition coefficient (Wildman–Crippen LogP) is 1.45. The van der Waals surface area contributed by atoms with Crippen LogP contribution in [0.25, 0.3) is 0 Å². The second kappa shape index (κ2) is 6.24. The lowest BCUT2D eigenvalue weighted by Gasteiger charge is -2.42. The standard InChI is InChI=1S/C13H20ClN3O3S/c14-5-6-16-10-11(9-15-16)21(18,19)17-7-8-20-13-4-2-1-3-12(13)17/h9-10,12-13H,1-8H2. The number of nitrogens with zero attached hydrogens (tertiary/aromatic N) is 3. The topological polar surface area (TPSA) is 64.4 Å². The van der Waals surface area contributed by atoms with Gasteiger partial charge < -0.3 is 4.74 Å². The highest BCUT2D eigenvalue weighted by Gasteiger charge is 2.41.